The number of ether oxygens (including phenoxy) is 3. The lowest BCUT2D eigenvalue weighted by molar-refractivity contribution is 0.206. The minimum atomic E-state index is 0.0986. The van der Waals surface area contributed by atoms with E-state index in [4.69, 9.17) is 14.2 Å². The molecule has 2 atom stereocenters. The maximum atomic E-state index is 6.26. The van der Waals surface area contributed by atoms with E-state index in [9.17, 15) is 0 Å². The van der Waals surface area contributed by atoms with Gasteiger partial charge < -0.3 is 14.2 Å². The van der Waals surface area contributed by atoms with Crippen molar-refractivity contribution in [1.29, 1.82) is 0 Å². The van der Waals surface area contributed by atoms with Gasteiger partial charge in [0.1, 0.15) is 23.4 Å². The van der Waals surface area contributed by atoms with Crippen LogP contribution in [0, 0.1) is 0 Å². The Morgan fingerprint density at radius 2 is 2.09 bits per heavy atom. The Hall–Kier alpha value is -2.16. The molecule has 0 unspecified atom stereocenters. The third kappa shape index (κ3) is 2.44. The van der Waals surface area contributed by atoms with Crippen LogP contribution in [0.15, 0.2) is 36.4 Å². The fraction of sp³-hybridized carbons (Fsp3) is 0.400. The number of hydrogen-bond donors (Lipinski definition) is 0. The standard InChI is InChI=1S/C20H22O3/c1-3-13-12-22-20-11-14(7-8-15(13)20)23-19-10-9-17-16(19)5-4-6-18(17)21-2/h4-8,11,13,19H,3,9-10,12H2,1-2H3/t13-,19-/m1/s1. The second kappa shape index (κ2) is 5.80. The molecule has 23 heavy (non-hydrogen) atoms. The van der Waals surface area contributed by atoms with Crippen LogP contribution in [0.2, 0.25) is 0 Å². The van der Waals surface area contributed by atoms with E-state index in [1.54, 1.807) is 7.11 Å². The van der Waals surface area contributed by atoms with Crippen LogP contribution in [-0.2, 0) is 6.42 Å². The second-order valence-corrected chi connectivity index (χ2v) is 6.29. The van der Waals surface area contributed by atoms with Crippen molar-refractivity contribution in [2.45, 2.75) is 38.2 Å². The van der Waals surface area contributed by atoms with Gasteiger partial charge >= 0.3 is 0 Å². The lowest BCUT2D eigenvalue weighted by Gasteiger charge is -2.16. The molecule has 0 fully saturated rings. The van der Waals surface area contributed by atoms with Gasteiger partial charge in [-0.05, 0) is 37.0 Å². The van der Waals surface area contributed by atoms with E-state index in [2.05, 4.69) is 25.1 Å². The van der Waals surface area contributed by atoms with Crippen LogP contribution in [0.1, 0.15) is 48.5 Å². The first-order chi connectivity index (χ1) is 11.3. The molecule has 0 saturated carbocycles. The van der Waals surface area contributed by atoms with Gasteiger partial charge in [0.15, 0.2) is 0 Å². The van der Waals surface area contributed by atoms with Gasteiger partial charge in [-0.3, -0.25) is 0 Å². The summed E-state index contributed by atoms with van der Waals surface area (Å²) in [5.74, 6) is 3.37. The van der Waals surface area contributed by atoms with E-state index in [-0.39, 0.29) is 6.10 Å². The predicted octanol–water partition coefficient (Wildman–Crippen LogP) is 4.65. The largest absolute Gasteiger partial charge is 0.496 e. The molecule has 0 saturated heterocycles. The van der Waals surface area contributed by atoms with Crippen molar-refractivity contribution in [2.24, 2.45) is 0 Å². The molecule has 0 aromatic heterocycles. The van der Waals surface area contributed by atoms with E-state index in [1.165, 1.54) is 16.7 Å². The van der Waals surface area contributed by atoms with Gasteiger partial charge in [-0.2, -0.15) is 0 Å². The Morgan fingerprint density at radius 1 is 1.17 bits per heavy atom. The summed E-state index contributed by atoms with van der Waals surface area (Å²) in [6.07, 6.45) is 3.21. The Morgan fingerprint density at radius 3 is 2.91 bits per heavy atom. The van der Waals surface area contributed by atoms with Crippen LogP contribution in [0.25, 0.3) is 0 Å². The molecule has 1 aliphatic heterocycles. The molecule has 3 nitrogen and oxygen atoms in total. The van der Waals surface area contributed by atoms with Gasteiger partial charge in [-0.15, -0.1) is 0 Å². The van der Waals surface area contributed by atoms with E-state index in [1.807, 2.05) is 18.2 Å². The van der Waals surface area contributed by atoms with Crippen LogP contribution in [-0.4, -0.2) is 13.7 Å². The molecule has 0 amide bonds. The number of benzene rings is 2. The number of rotatable bonds is 4. The normalized spacial score (nSPS) is 21.5. The van der Waals surface area contributed by atoms with E-state index in [0.29, 0.717) is 5.92 Å². The third-order valence-corrected chi connectivity index (χ3v) is 5.03. The molecule has 2 aliphatic rings. The summed E-state index contributed by atoms with van der Waals surface area (Å²) in [6, 6.07) is 12.5. The molecule has 1 aliphatic carbocycles. The summed E-state index contributed by atoms with van der Waals surface area (Å²) in [5.41, 5.74) is 3.84. The predicted molar refractivity (Wildman–Crippen MR) is 89.7 cm³/mol. The summed E-state index contributed by atoms with van der Waals surface area (Å²) >= 11 is 0. The number of hydrogen-bond acceptors (Lipinski definition) is 3. The van der Waals surface area contributed by atoms with Crippen molar-refractivity contribution in [2.75, 3.05) is 13.7 Å². The molecule has 0 N–H and O–H groups in total. The monoisotopic (exact) mass is 310 g/mol. The second-order valence-electron chi connectivity index (χ2n) is 6.29. The lowest BCUT2D eigenvalue weighted by atomic mass is 9.99. The van der Waals surface area contributed by atoms with Crippen LogP contribution in [0.3, 0.4) is 0 Å². The average molecular weight is 310 g/mol. The molecular weight excluding hydrogens is 288 g/mol. The van der Waals surface area contributed by atoms with Crippen LogP contribution >= 0.6 is 0 Å². The van der Waals surface area contributed by atoms with Gasteiger partial charge in [-0.25, -0.2) is 0 Å². The van der Waals surface area contributed by atoms with Crippen molar-refractivity contribution in [3.63, 3.8) is 0 Å². The summed E-state index contributed by atoms with van der Waals surface area (Å²) in [5, 5.41) is 0. The Bertz CT molecular complexity index is 723. The molecule has 3 heteroatoms. The Kier molecular flexibility index (Phi) is 3.64. The van der Waals surface area contributed by atoms with Gasteiger partial charge in [-0.1, -0.05) is 25.1 Å². The number of methoxy groups -OCH3 is 1. The molecule has 0 spiro atoms. The molecular formula is C20H22O3. The van der Waals surface area contributed by atoms with Crippen LogP contribution in [0.5, 0.6) is 17.2 Å². The SMILES string of the molecule is CC[C@@H]1COc2cc(O[C@@H]3CCc4c(OC)cccc43)ccc21. The maximum Gasteiger partial charge on any atom is 0.126 e. The van der Waals surface area contributed by atoms with Gasteiger partial charge in [0.05, 0.1) is 13.7 Å². The molecule has 1 heterocycles. The van der Waals surface area contributed by atoms with Gasteiger partial charge in [0.2, 0.25) is 0 Å². The molecule has 120 valence electrons. The average Bonchev–Trinajstić information content (AvgIpc) is 3.18. The first-order valence-corrected chi connectivity index (χ1v) is 8.39. The minimum Gasteiger partial charge on any atom is -0.496 e. The van der Waals surface area contributed by atoms with Crippen molar-refractivity contribution in [3.05, 3.63) is 53.1 Å². The zero-order valence-corrected chi connectivity index (χ0v) is 13.7. The van der Waals surface area contributed by atoms with Crippen molar-refractivity contribution >= 4 is 0 Å². The Labute approximate surface area is 137 Å². The van der Waals surface area contributed by atoms with E-state index < -0.39 is 0 Å². The fourth-order valence-electron chi connectivity index (χ4n) is 3.73. The van der Waals surface area contributed by atoms with Crippen molar-refractivity contribution in [3.8, 4) is 17.2 Å². The maximum absolute atomic E-state index is 6.26. The van der Waals surface area contributed by atoms with Gasteiger partial charge in [0, 0.05) is 23.1 Å². The first-order valence-electron chi connectivity index (χ1n) is 8.39. The smallest absolute Gasteiger partial charge is 0.126 e. The van der Waals surface area contributed by atoms with E-state index in [0.717, 1.165) is 43.1 Å². The van der Waals surface area contributed by atoms with Crippen molar-refractivity contribution in [1.82, 2.24) is 0 Å². The summed E-state index contributed by atoms with van der Waals surface area (Å²) in [6.45, 7) is 3.00. The third-order valence-electron chi connectivity index (χ3n) is 5.03. The molecule has 2 aromatic rings. The highest BCUT2D eigenvalue weighted by atomic mass is 16.5. The zero-order chi connectivity index (χ0) is 15.8. The molecule has 0 bridgehead atoms. The zero-order valence-electron chi connectivity index (χ0n) is 13.7. The van der Waals surface area contributed by atoms with Crippen LogP contribution < -0.4 is 14.2 Å². The summed E-state index contributed by atoms with van der Waals surface area (Å²) < 4.78 is 17.5. The molecule has 4 rings (SSSR count). The lowest BCUT2D eigenvalue weighted by Crippen LogP contribution is -2.03. The first kappa shape index (κ1) is 14.4. The minimum absolute atomic E-state index is 0.0986. The highest BCUT2D eigenvalue weighted by Gasteiger charge is 2.28. The fourth-order valence-corrected chi connectivity index (χ4v) is 3.73. The quantitative estimate of drug-likeness (QED) is 0.823. The topological polar surface area (TPSA) is 27.7 Å². The van der Waals surface area contributed by atoms with E-state index >= 15 is 0 Å². The molecule has 2 aromatic carbocycles. The van der Waals surface area contributed by atoms with Crippen molar-refractivity contribution < 1.29 is 14.2 Å². The highest BCUT2D eigenvalue weighted by molar-refractivity contribution is 5.47. The van der Waals surface area contributed by atoms with Gasteiger partial charge in [0.25, 0.3) is 0 Å². The van der Waals surface area contributed by atoms with Crippen LogP contribution in [0.4, 0.5) is 0 Å². The summed E-state index contributed by atoms with van der Waals surface area (Å²) in [7, 11) is 1.73. The molecule has 0 radical (unpaired) electrons. The summed E-state index contributed by atoms with van der Waals surface area (Å²) in [4.78, 5) is 0. The Balaban J connectivity index is 1.57. The highest BCUT2D eigenvalue weighted by Crippen LogP contribution is 2.42. The number of fused-ring (bicyclic) bond motifs is 2.